The number of nitrogens with zero attached hydrogens (tertiary/aromatic N) is 5. The van der Waals surface area contributed by atoms with E-state index < -0.39 is 42.5 Å². The number of methoxy groups -OCH3 is 1. The van der Waals surface area contributed by atoms with Crippen LogP contribution in [0.5, 0.6) is 0 Å². The first-order valence-electron chi connectivity index (χ1n) is 10.5. The van der Waals surface area contributed by atoms with Crippen molar-refractivity contribution in [1.82, 2.24) is 29.6 Å². The third kappa shape index (κ3) is 4.19. The number of fused-ring (bicyclic) bond motifs is 1. The Kier molecular flexibility index (Phi) is 6.47. The maximum atomic E-state index is 12.6. The van der Waals surface area contributed by atoms with Crippen LogP contribution >= 0.6 is 0 Å². The van der Waals surface area contributed by atoms with E-state index in [0.29, 0.717) is 22.3 Å². The van der Waals surface area contributed by atoms with Gasteiger partial charge in [0.25, 0.3) is 5.91 Å². The molecule has 0 saturated carbocycles. The van der Waals surface area contributed by atoms with E-state index in [-0.39, 0.29) is 18.8 Å². The molecule has 0 bridgehead atoms. The van der Waals surface area contributed by atoms with Gasteiger partial charge in [-0.3, -0.25) is 14.3 Å². The minimum Gasteiger partial charge on any atom is -0.468 e. The molecule has 14 nitrogen and oxygen atoms in total. The van der Waals surface area contributed by atoms with Crippen molar-refractivity contribution in [2.75, 3.05) is 19.4 Å². The summed E-state index contributed by atoms with van der Waals surface area (Å²) in [7, 11) is 2.98. The minimum atomic E-state index is -1.52. The second-order valence-corrected chi connectivity index (χ2v) is 7.92. The number of aromatic nitrogens is 5. The second kappa shape index (κ2) is 9.34. The molecule has 1 fully saturated rings. The molecule has 3 aromatic rings. The molecule has 1 saturated heterocycles. The smallest absolute Gasteiger partial charge is 0.322 e. The van der Waals surface area contributed by atoms with Crippen molar-refractivity contribution in [3.8, 4) is 11.3 Å². The molecule has 1 aliphatic rings. The van der Waals surface area contributed by atoms with Crippen LogP contribution in [0.4, 0.5) is 5.82 Å². The van der Waals surface area contributed by atoms with Gasteiger partial charge in [0.15, 0.2) is 12.3 Å². The summed E-state index contributed by atoms with van der Waals surface area (Å²) in [6.45, 7) is 0.0441. The maximum absolute atomic E-state index is 12.6. The normalized spacial score (nSPS) is 23.2. The van der Waals surface area contributed by atoms with Crippen LogP contribution in [0.1, 0.15) is 12.6 Å². The largest absolute Gasteiger partial charge is 0.468 e. The molecule has 0 aliphatic carbocycles. The number of rotatable bonds is 7. The molecule has 0 radical (unpaired) electrons. The van der Waals surface area contributed by atoms with Crippen LogP contribution in [0, 0.1) is 0 Å². The van der Waals surface area contributed by atoms with E-state index >= 15 is 0 Å². The monoisotopic (exact) mass is 474 g/mol. The molecule has 0 aromatic carbocycles. The number of nitrogens with one attached hydrogen (secondary N) is 1. The van der Waals surface area contributed by atoms with Crippen molar-refractivity contribution in [2.24, 2.45) is 12.8 Å². The van der Waals surface area contributed by atoms with Crippen LogP contribution in [0.25, 0.3) is 22.3 Å². The van der Waals surface area contributed by atoms with Crippen LogP contribution in [0.3, 0.4) is 0 Å². The highest BCUT2D eigenvalue weighted by atomic mass is 16.6. The average Bonchev–Trinajstić information content (AvgIpc) is 3.50. The molecule has 14 heteroatoms. The third-order valence-corrected chi connectivity index (χ3v) is 5.66. The number of esters is 1. The van der Waals surface area contributed by atoms with Gasteiger partial charge in [0.2, 0.25) is 0 Å². The molecule has 5 atom stereocenters. The van der Waals surface area contributed by atoms with Crippen LogP contribution in [0.2, 0.25) is 0 Å². The molecule has 0 spiro atoms. The number of carbonyl (C=O) groups is 2. The van der Waals surface area contributed by atoms with Crippen molar-refractivity contribution >= 4 is 28.7 Å². The van der Waals surface area contributed by atoms with Crippen LogP contribution in [0.15, 0.2) is 24.8 Å². The zero-order chi connectivity index (χ0) is 24.6. The van der Waals surface area contributed by atoms with E-state index in [0.717, 1.165) is 0 Å². The first kappa shape index (κ1) is 23.6. The summed E-state index contributed by atoms with van der Waals surface area (Å²) in [4.78, 5) is 32.3. The first-order valence-corrected chi connectivity index (χ1v) is 10.5. The summed E-state index contributed by atoms with van der Waals surface area (Å²) in [5, 5.41) is 28.7. The van der Waals surface area contributed by atoms with Gasteiger partial charge in [-0.1, -0.05) is 0 Å². The van der Waals surface area contributed by atoms with Gasteiger partial charge in [-0.15, -0.1) is 0 Å². The number of hydrogen-bond donors (Lipinski definition) is 5. The summed E-state index contributed by atoms with van der Waals surface area (Å²) in [5.41, 5.74) is 13.3. The molecule has 182 valence electrons. The van der Waals surface area contributed by atoms with Crippen molar-refractivity contribution in [1.29, 1.82) is 0 Å². The third-order valence-electron chi connectivity index (χ3n) is 5.66. The summed E-state index contributed by atoms with van der Waals surface area (Å²) in [6.07, 6.45) is -0.696. The van der Waals surface area contributed by atoms with Gasteiger partial charge in [-0.25, -0.2) is 9.97 Å². The highest BCUT2D eigenvalue weighted by Gasteiger charge is 2.47. The predicted molar refractivity (Wildman–Crippen MR) is 118 cm³/mol. The van der Waals surface area contributed by atoms with Gasteiger partial charge >= 0.3 is 5.97 Å². The Morgan fingerprint density at radius 3 is 2.76 bits per heavy atom. The predicted octanol–water partition coefficient (Wildman–Crippen LogP) is -1.96. The van der Waals surface area contributed by atoms with Crippen LogP contribution in [-0.4, -0.2) is 84.4 Å². The minimum absolute atomic E-state index is 0.0441. The van der Waals surface area contributed by atoms with E-state index in [4.69, 9.17) is 16.2 Å². The van der Waals surface area contributed by atoms with Gasteiger partial charge in [0.1, 0.15) is 36.0 Å². The molecular formula is C20H26N8O6. The number of aliphatic hydroxyl groups is 2. The average molecular weight is 474 g/mol. The highest BCUT2D eigenvalue weighted by Crippen LogP contribution is 2.37. The molecule has 4 rings (SSSR count). The molecule has 1 aliphatic heterocycles. The summed E-state index contributed by atoms with van der Waals surface area (Å²) in [6, 6.07) is 0.876. The van der Waals surface area contributed by atoms with Gasteiger partial charge in [0, 0.05) is 31.5 Å². The van der Waals surface area contributed by atoms with Crippen molar-refractivity contribution in [3.05, 3.63) is 24.8 Å². The van der Waals surface area contributed by atoms with E-state index in [1.807, 2.05) is 0 Å². The SMILES string of the molecule is COC(=O)[C@@H](N)CCNC(=O)[C@H]1O[C@@H](n2cc(-c3ccn(C)n3)c3c(N)ncnc32)[C@H](O)[C@@H]1O. The molecule has 4 heterocycles. The Bertz CT molecular complexity index is 1210. The fourth-order valence-corrected chi connectivity index (χ4v) is 3.88. The zero-order valence-electron chi connectivity index (χ0n) is 18.5. The molecule has 0 unspecified atom stereocenters. The fourth-order valence-electron chi connectivity index (χ4n) is 3.88. The molecule has 34 heavy (non-hydrogen) atoms. The van der Waals surface area contributed by atoms with Gasteiger partial charge in [0.05, 0.1) is 18.2 Å². The fraction of sp³-hybridized carbons (Fsp3) is 0.450. The zero-order valence-corrected chi connectivity index (χ0v) is 18.5. The molecule has 3 aromatic heterocycles. The first-order chi connectivity index (χ1) is 16.2. The second-order valence-electron chi connectivity index (χ2n) is 7.92. The molecular weight excluding hydrogens is 448 g/mol. The number of anilines is 1. The molecule has 7 N–H and O–H groups in total. The van der Waals surface area contributed by atoms with E-state index in [1.54, 1.807) is 30.2 Å². The quantitative estimate of drug-likeness (QED) is 0.238. The Morgan fingerprint density at radius 1 is 1.32 bits per heavy atom. The Balaban J connectivity index is 1.57. The number of carbonyl (C=O) groups excluding carboxylic acids is 2. The highest BCUT2D eigenvalue weighted by molar-refractivity contribution is 5.99. The molecule has 1 amide bonds. The number of nitrogen functional groups attached to an aromatic ring is 1. The van der Waals surface area contributed by atoms with Crippen LogP contribution < -0.4 is 16.8 Å². The summed E-state index contributed by atoms with van der Waals surface area (Å²) < 4.78 is 13.4. The summed E-state index contributed by atoms with van der Waals surface area (Å²) in [5.74, 6) is -1.07. The lowest BCUT2D eigenvalue weighted by Crippen LogP contribution is -2.44. The Hall–Kier alpha value is -3.59. The van der Waals surface area contributed by atoms with Gasteiger partial charge < -0.3 is 41.0 Å². The standard InChI is InChI=1S/C20H26N8O6/c1-27-6-4-11(26-27)9-7-28(17-12(9)16(22)24-8-25-17)19-14(30)13(29)15(34-19)18(31)23-5-3-10(21)20(32)33-2/h4,6-8,10,13-15,19,29-30H,3,5,21H2,1-2H3,(H,23,31)(H2,22,24,25)/t10-,13-,14+,15-,19+/m0/s1. The van der Waals surface area contributed by atoms with Crippen molar-refractivity contribution < 1.29 is 29.3 Å². The number of aliphatic hydroxyl groups excluding tert-OH is 2. The van der Waals surface area contributed by atoms with E-state index in [1.165, 1.54) is 18.0 Å². The Morgan fingerprint density at radius 2 is 2.09 bits per heavy atom. The van der Waals surface area contributed by atoms with Gasteiger partial charge in [-0.2, -0.15) is 5.10 Å². The Labute approximate surface area is 193 Å². The summed E-state index contributed by atoms with van der Waals surface area (Å²) >= 11 is 0. The number of hydrogen-bond acceptors (Lipinski definition) is 11. The number of ether oxygens (including phenoxy) is 2. The van der Waals surface area contributed by atoms with Crippen molar-refractivity contribution in [3.63, 3.8) is 0 Å². The van der Waals surface area contributed by atoms with Crippen molar-refractivity contribution in [2.45, 2.75) is 37.0 Å². The lowest BCUT2D eigenvalue weighted by atomic mass is 10.1. The topological polar surface area (TPSA) is 206 Å². The number of amides is 1. The maximum Gasteiger partial charge on any atom is 0.322 e. The van der Waals surface area contributed by atoms with Gasteiger partial charge in [-0.05, 0) is 12.5 Å². The number of aryl methyl sites for hydroxylation is 1. The van der Waals surface area contributed by atoms with Crippen LogP contribution in [-0.2, 0) is 26.1 Å². The lowest BCUT2D eigenvalue weighted by Gasteiger charge is -2.17. The van der Waals surface area contributed by atoms with E-state index in [2.05, 4.69) is 25.1 Å². The lowest BCUT2D eigenvalue weighted by molar-refractivity contribution is -0.143. The number of nitrogens with two attached hydrogens (primary N) is 2. The van der Waals surface area contributed by atoms with E-state index in [9.17, 15) is 19.8 Å².